The van der Waals surface area contributed by atoms with E-state index in [1.807, 2.05) is 55.5 Å². The number of nitrogens with zero attached hydrogens (tertiary/aromatic N) is 2. The smallest absolute Gasteiger partial charge is 0.265 e. The van der Waals surface area contributed by atoms with Crippen LogP contribution in [-0.4, -0.2) is 8.42 Å². The standard InChI is InChI=1S/C26H20BrN3O3S/c1-16-7-6-8-17(13-16)15-30-22-12-5-3-10-19(22)24-25(34(30,31)32)23(20(14-28)26(29)33-24)18-9-2-4-11-21(18)27/h2-13,23H,15,29H2,1H3/t23-/m0/s1. The van der Waals surface area contributed by atoms with Crippen molar-refractivity contribution >= 4 is 37.4 Å². The minimum absolute atomic E-state index is 0.0107. The summed E-state index contributed by atoms with van der Waals surface area (Å²) in [5.41, 5.74) is 9.85. The number of sulfonamides is 1. The largest absolute Gasteiger partial charge is 0.439 e. The minimum atomic E-state index is -4.10. The van der Waals surface area contributed by atoms with Crippen LogP contribution in [0.4, 0.5) is 5.69 Å². The molecule has 0 saturated carbocycles. The molecule has 1 atom stereocenters. The quantitative estimate of drug-likeness (QED) is 0.493. The first-order valence-corrected chi connectivity index (χ1v) is 12.8. The molecule has 34 heavy (non-hydrogen) atoms. The maximum Gasteiger partial charge on any atom is 0.265 e. The number of nitrogens with two attached hydrogens (primary N) is 1. The zero-order valence-electron chi connectivity index (χ0n) is 18.2. The van der Waals surface area contributed by atoms with Crippen molar-refractivity contribution in [3.05, 3.63) is 116 Å². The van der Waals surface area contributed by atoms with Gasteiger partial charge in [0.05, 0.1) is 18.2 Å². The van der Waals surface area contributed by atoms with Crippen molar-refractivity contribution in [2.75, 3.05) is 4.31 Å². The highest BCUT2D eigenvalue weighted by atomic mass is 79.9. The zero-order valence-corrected chi connectivity index (χ0v) is 20.6. The fraction of sp³-hybridized carbons (Fsp3) is 0.115. The second-order valence-corrected chi connectivity index (χ2v) is 10.8. The maximum absolute atomic E-state index is 14.3. The average molecular weight is 534 g/mol. The van der Waals surface area contributed by atoms with Gasteiger partial charge < -0.3 is 10.5 Å². The molecule has 8 heteroatoms. The van der Waals surface area contributed by atoms with Gasteiger partial charge >= 0.3 is 0 Å². The molecule has 0 bridgehead atoms. The third-order valence-corrected chi connectivity index (χ3v) is 8.59. The van der Waals surface area contributed by atoms with Gasteiger partial charge in [0, 0.05) is 10.0 Å². The molecule has 0 saturated heterocycles. The zero-order chi connectivity index (χ0) is 24.0. The molecule has 2 heterocycles. The molecule has 0 spiro atoms. The first-order valence-electron chi connectivity index (χ1n) is 10.6. The number of aryl methyl sites for hydroxylation is 1. The predicted molar refractivity (Wildman–Crippen MR) is 134 cm³/mol. The lowest BCUT2D eigenvalue weighted by atomic mass is 9.88. The van der Waals surface area contributed by atoms with E-state index in [4.69, 9.17) is 10.5 Å². The number of rotatable bonds is 3. The van der Waals surface area contributed by atoms with Crippen molar-refractivity contribution < 1.29 is 13.2 Å². The molecule has 2 N–H and O–H groups in total. The van der Waals surface area contributed by atoms with Gasteiger partial charge in [0.2, 0.25) is 5.88 Å². The Kier molecular flexibility index (Phi) is 5.47. The monoisotopic (exact) mass is 533 g/mol. The Labute approximate surface area is 206 Å². The van der Waals surface area contributed by atoms with Crippen molar-refractivity contribution in [2.45, 2.75) is 19.4 Å². The lowest BCUT2D eigenvalue weighted by Gasteiger charge is -2.38. The molecular weight excluding hydrogens is 514 g/mol. The van der Waals surface area contributed by atoms with E-state index in [1.165, 1.54) is 4.31 Å². The fourth-order valence-electron chi connectivity index (χ4n) is 4.48. The molecule has 0 aromatic heterocycles. The van der Waals surface area contributed by atoms with Gasteiger partial charge in [-0.05, 0) is 36.2 Å². The number of anilines is 1. The van der Waals surface area contributed by atoms with Crippen LogP contribution < -0.4 is 10.0 Å². The van der Waals surface area contributed by atoms with Crippen molar-refractivity contribution in [3.63, 3.8) is 0 Å². The van der Waals surface area contributed by atoms with Gasteiger partial charge in [0.1, 0.15) is 16.5 Å². The van der Waals surface area contributed by atoms with Gasteiger partial charge in [-0.15, -0.1) is 0 Å². The molecule has 170 valence electrons. The summed E-state index contributed by atoms with van der Waals surface area (Å²) in [5.74, 6) is -0.852. The van der Waals surface area contributed by atoms with Gasteiger partial charge in [0.25, 0.3) is 10.0 Å². The summed E-state index contributed by atoms with van der Waals surface area (Å²) in [6.07, 6.45) is 0. The highest BCUT2D eigenvalue weighted by Crippen LogP contribution is 2.52. The first-order chi connectivity index (χ1) is 16.3. The van der Waals surface area contributed by atoms with E-state index in [0.29, 0.717) is 21.3 Å². The molecule has 2 aliphatic rings. The summed E-state index contributed by atoms with van der Waals surface area (Å²) in [7, 11) is -4.10. The van der Waals surface area contributed by atoms with Gasteiger partial charge in [-0.25, -0.2) is 8.42 Å². The van der Waals surface area contributed by atoms with Crippen LogP contribution in [0.5, 0.6) is 0 Å². The van der Waals surface area contributed by atoms with Crippen LogP contribution >= 0.6 is 15.9 Å². The van der Waals surface area contributed by atoms with Crippen molar-refractivity contribution in [1.82, 2.24) is 0 Å². The number of ether oxygens (including phenoxy) is 1. The fourth-order valence-corrected chi connectivity index (χ4v) is 6.89. The molecule has 0 aliphatic carbocycles. The molecular formula is C26H20BrN3O3S. The second kappa shape index (κ2) is 8.35. The van der Waals surface area contributed by atoms with Crippen LogP contribution in [0, 0.1) is 18.3 Å². The number of fused-ring (bicyclic) bond motifs is 2. The van der Waals surface area contributed by atoms with Crippen molar-refractivity contribution in [3.8, 4) is 6.07 Å². The van der Waals surface area contributed by atoms with Gasteiger partial charge in [0.15, 0.2) is 5.76 Å². The summed E-state index contributed by atoms with van der Waals surface area (Å²) < 4.78 is 36.4. The van der Waals surface area contributed by atoms with E-state index < -0.39 is 15.9 Å². The van der Waals surface area contributed by atoms with Crippen LogP contribution in [0.15, 0.2) is 93.6 Å². The van der Waals surface area contributed by atoms with Gasteiger partial charge in [-0.1, -0.05) is 76.1 Å². The van der Waals surface area contributed by atoms with Gasteiger partial charge in [-0.3, -0.25) is 4.31 Å². The molecule has 2 aliphatic heterocycles. The number of hydrogen-bond acceptors (Lipinski definition) is 5. The topological polar surface area (TPSA) is 96.4 Å². The summed E-state index contributed by atoms with van der Waals surface area (Å²) >= 11 is 3.53. The number of para-hydroxylation sites is 1. The molecule has 0 fully saturated rings. The van der Waals surface area contributed by atoms with E-state index in [2.05, 4.69) is 22.0 Å². The third kappa shape index (κ3) is 3.49. The Balaban J connectivity index is 1.78. The summed E-state index contributed by atoms with van der Waals surface area (Å²) in [5, 5.41) is 9.96. The number of nitriles is 1. The Morgan fingerprint density at radius 1 is 1.09 bits per heavy atom. The van der Waals surface area contributed by atoms with E-state index >= 15 is 0 Å². The highest BCUT2D eigenvalue weighted by Gasteiger charge is 2.47. The Morgan fingerprint density at radius 2 is 1.82 bits per heavy atom. The predicted octanol–water partition coefficient (Wildman–Crippen LogP) is 5.28. The van der Waals surface area contributed by atoms with Crippen molar-refractivity contribution in [1.29, 1.82) is 5.26 Å². The van der Waals surface area contributed by atoms with E-state index in [-0.39, 0.29) is 28.7 Å². The Morgan fingerprint density at radius 3 is 2.56 bits per heavy atom. The van der Waals surface area contributed by atoms with E-state index in [1.54, 1.807) is 24.3 Å². The summed E-state index contributed by atoms with van der Waals surface area (Å²) in [6.45, 7) is 2.11. The normalized spacial score (nSPS) is 18.6. The lowest BCUT2D eigenvalue weighted by Crippen LogP contribution is -2.39. The molecule has 6 nitrogen and oxygen atoms in total. The molecule has 3 aromatic carbocycles. The summed E-state index contributed by atoms with van der Waals surface area (Å²) in [4.78, 5) is 0.0107. The van der Waals surface area contributed by atoms with E-state index in [0.717, 1.165) is 11.1 Å². The van der Waals surface area contributed by atoms with Crippen LogP contribution in [0.25, 0.3) is 5.76 Å². The molecule has 5 rings (SSSR count). The number of halogens is 1. The van der Waals surface area contributed by atoms with Crippen LogP contribution in [0.2, 0.25) is 0 Å². The molecule has 0 unspecified atom stereocenters. The van der Waals surface area contributed by atoms with Crippen LogP contribution in [-0.2, 0) is 21.3 Å². The Bertz CT molecular complexity index is 1540. The lowest BCUT2D eigenvalue weighted by molar-refractivity contribution is 0.357. The minimum Gasteiger partial charge on any atom is -0.439 e. The molecule has 3 aromatic rings. The van der Waals surface area contributed by atoms with Gasteiger partial charge in [-0.2, -0.15) is 5.26 Å². The average Bonchev–Trinajstić information content (AvgIpc) is 2.81. The highest BCUT2D eigenvalue weighted by molar-refractivity contribution is 9.10. The molecule has 0 amide bonds. The Hall–Kier alpha value is -3.54. The molecule has 0 radical (unpaired) electrons. The second-order valence-electron chi connectivity index (χ2n) is 8.16. The van der Waals surface area contributed by atoms with Crippen molar-refractivity contribution in [2.24, 2.45) is 5.73 Å². The SMILES string of the molecule is Cc1cccc(CN2c3ccccc3C3=C([C@@H](c4ccccc4Br)C(C#N)=C(N)O3)S2(=O)=O)c1. The van der Waals surface area contributed by atoms with E-state index in [9.17, 15) is 13.7 Å². The van der Waals surface area contributed by atoms with Crippen LogP contribution in [0.1, 0.15) is 28.2 Å². The first kappa shape index (κ1) is 22.3. The summed E-state index contributed by atoms with van der Waals surface area (Å²) in [6, 6.07) is 24.2. The number of allylic oxidation sites excluding steroid dienone is 2. The van der Waals surface area contributed by atoms with Crippen LogP contribution in [0.3, 0.4) is 0 Å². The maximum atomic E-state index is 14.3. The number of benzene rings is 3. The third-order valence-electron chi connectivity index (χ3n) is 5.98. The number of hydrogen-bond donors (Lipinski definition) is 1.